The summed E-state index contributed by atoms with van der Waals surface area (Å²) in [5, 5.41) is 0. The van der Waals surface area contributed by atoms with Crippen molar-refractivity contribution in [1.29, 1.82) is 0 Å². The predicted molar refractivity (Wildman–Crippen MR) is 75.4 cm³/mol. The van der Waals surface area contributed by atoms with Crippen LogP contribution in [0, 0.1) is 24.4 Å². The highest BCUT2D eigenvalue weighted by atomic mass is 79.9. The lowest BCUT2D eigenvalue weighted by atomic mass is 10.0. The lowest BCUT2D eigenvalue weighted by Gasteiger charge is -2.11. The van der Waals surface area contributed by atoms with E-state index in [4.69, 9.17) is 4.74 Å². The Labute approximate surface area is 123 Å². The molecule has 0 saturated carbocycles. The molecule has 106 valence electrons. The third-order valence-electron chi connectivity index (χ3n) is 2.96. The van der Waals surface area contributed by atoms with Gasteiger partial charge in [-0.25, -0.2) is 8.78 Å². The summed E-state index contributed by atoms with van der Waals surface area (Å²) in [4.78, 5) is 0. The van der Waals surface area contributed by atoms with E-state index >= 15 is 0 Å². The first kappa shape index (κ1) is 14.9. The summed E-state index contributed by atoms with van der Waals surface area (Å²) >= 11 is 3.19. The molecule has 2 aromatic carbocycles. The molecule has 1 nitrogen and oxygen atoms in total. The second-order valence-electron chi connectivity index (χ2n) is 4.21. The molecule has 0 aliphatic heterocycles. The normalized spacial score (nSPS) is 10.7. The largest absolute Gasteiger partial charge is 0.491 e. The molecule has 0 radical (unpaired) electrons. The third-order valence-corrected chi connectivity index (χ3v) is 3.82. The van der Waals surface area contributed by atoms with Gasteiger partial charge in [0, 0.05) is 15.6 Å². The van der Waals surface area contributed by atoms with Gasteiger partial charge in [0.1, 0.15) is 5.82 Å². The van der Waals surface area contributed by atoms with Gasteiger partial charge in [0.2, 0.25) is 5.82 Å². The highest BCUT2D eigenvalue weighted by Gasteiger charge is 2.19. The zero-order valence-electron chi connectivity index (χ0n) is 10.9. The molecule has 0 heterocycles. The lowest BCUT2D eigenvalue weighted by Crippen LogP contribution is -2.00. The van der Waals surface area contributed by atoms with Crippen LogP contribution < -0.4 is 4.74 Å². The van der Waals surface area contributed by atoms with Crippen molar-refractivity contribution in [3.63, 3.8) is 0 Å². The van der Waals surface area contributed by atoms with E-state index in [1.54, 1.807) is 19.9 Å². The van der Waals surface area contributed by atoms with Gasteiger partial charge in [-0.3, -0.25) is 0 Å². The van der Waals surface area contributed by atoms with Crippen LogP contribution in [0.4, 0.5) is 13.2 Å². The molecule has 0 atom stereocenters. The molecule has 0 fully saturated rings. The van der Waals surface area contributed by atoms with Crippen LogP contribution in [0.1, 0.15) is 12.5 Å². The van der Waals surface area contributed by atoms with Crippen molar-refractivity contribution >= 4 is 15.9 Å². The van der Waals surface area contributed by atoms with Gasteiger partial charge in [0.05, 0.1) is 6.61 Å². The molecule has 0 bridgehead atoms. The van der Waals surface area contributed by atoms with E-state index in [0.717, 1.165) is 0 Å². The van der Waals surface area contributed by atoms with Crippen LogP contribution in [-0.4, -0.2) is 6.61 Å². The maximum absolute atomic E-state index is 14.2. The second-order valence-corrected chi connectivity index (χ2v) is 5.06. The maximum atomic E-state index is 14.2. The maximum Gasteiger partial charge on any atom is 0.201 e. The molecule has 0 aliphatic carbocycles. The lowest BCUT2D eigenvalue weighted by molar-refractivity contribution is 0.314. The summed E-state index contributed by atoms with van der Waals surface area (Å²) < 4.78 is 47.6. The van der Waals surface area contributed by atoms with Crippen LogP contribution in [0.25, 0.3) is 11.1 Å². The summed E-state index contributed by atoms with van der Waals surface area (Å²) in [7, 11) is 0. The van der Waals surface area contributed by atoms with Gasteiger partial charge in [-0.05, 0) is 37.6 Å². The minimum atomic E-state index is -1.11. The summed E-state index contributed by atoms with van der Waals surface area (Å²) in [6, 6.07) is 5.62. The average Bonchev–Trinajstić information content (AvgIpc) is 2.43. The molecule has 0 aromatic heterocycles. The molecule has 0 saturated heterocycles. The summed E-state index contributed by atoms with van der Waals surface area (Å²) in [5.41, 5.74) is 0.236. The monoisotopic (exact) mass is 344 g/mol. The first-order valence-electron chi connectivity index (χ1n) is 6.03. The topological polar surface area (TPSA) is 9.23 Å². The van der Waals surface area contributed by atoms with Gasteiger partial charge >= 0.3 is 0 Å². The van der Waals surface area contributed by atoms with Crippen LogP contribution in [0.2, 0.25) is 0 Å². The Balaban J connectivity index is 2.60. The molecule has 0 spiro atoms. The van der Waals surface area contributed by atoms with Crippen LogP contribution in [0.15, 0.2) is 28.7 Å². The van der Waals surface area contributed by atoms with Gasteiger partial charge in [-0.1, -0.05) is 22.0 Å². The summed E-state index contributed by atoms with van der Waals surface area (Å²) in [6.07, 6.45) is 0. The highest BCUT2D eigenvalue weighted by molar-refractivity contribution is 9.10. The van der Waals surface area contributed by atoms with Gasteiger partial charge < -0.3 is 4.74 Å². The molecular formula is C15H12BrF3O. The van der Waals surface area contributed by atoms with Crippen LogP contribution in [0.3, 0.4) is 0 Å². The number of hydrogen-bond acceptors (Lipinski definition) is 1. The van der Waals surface area contributed by atoms with Gasteiger partial charge in [-0.15, -0.1) is 0 Å². The van der Waals surface area contributed by atoms with E-state index in [0.29, 0.717) is 10.0 Å². The average molecular weight is 345 g/mol. The van der Waals surface area contributed by atoms with E-state index in [9.17, 15) is 13.2 Å². The molecule has 2 rings (SSSR count). The fraction of sp³-hybridized carbons (Fsp3) is 0.200. The predicted octanol–water partition coefficient (Wildman–Crippen LogP) is 5.24. The number of halogens is 4. The van der Waals surface area contributed by atoms with Crippen molar-refractivity contribution in [1.82, 2.24) is 0 Å². The molecule has 0 unspecified atom stereocenters. The van der Waals surface area contributed by atoms with Gasteiger partial charge in [0.15, 0.2) is 11.6 Å². The van der Waals surface area contributed by atoms with Crippen LogP contribution in [-0.2, 0) is 0 Å². The zero-order chi connectivity index (χ0) is 14.9. The zero-order valence-corrected chi connectivity index (χ0v) is 12.5. The number of ether oxygens (including phenoxy) is 1. The summed E-state index contributed by atoms with van der Waals surface area (Å²) in [6.45, 7) is 3.45. The van der Waals surface area contributed by atoms with E-state index in [-0.39, 0.29) is 23.5 Å². The minimum Gasteiger partial charge on any atom is -0.491 e. The summed E-state index contributed by atoms with van der Waals surface area (Å²) in [5.74, 6) is -2.98. The van der Waals surface area contributed by atoms with E-state index in [1.165, 1.54) is 18.2 Å². The van der Waals surface area contributed by atoms with Crippen molar-refractivity contribution in [3.8, 4) is 16.9 Å². The molecule has 0 aliphatic rings. The smallest absolute Gasteiger partial charge is 0.201 e. The quantitative estimate of drug-likeness (QED) is 0.739. The first-order valence-corrected chi connectivity index (χ1v) is 6.82. The van der Waals surface area contributed by atoms with Crippen molar-refractivity contribution < 1.29 is 17.9 Å². The Bertz CT molecular complexity index is 656. The Morgan fingerprint density at radius 1 is 0.950 bits per heavy atom. The number of benzene rings is 2. The standard InChI is InChI=1S/C15H12BrF3O/c1-3-20-12-7-5-10(14(18)15(12)19)9-4-6-11(16)8(2)13(9)17/h4-7H,3H2,1-2H3. The number of rotatable bonds is 3. The first-order chi connectivity index (χ1) is 9.47. The fourth-order valence-electron chi connectivity index (χ4n) is 1.88. The van der Waals surface area contributed by atoms with Crippen molar-refractivity contribution in [3.05, 3.63) is 51.8 Å². The Morgan fingerprint density at radius 3 is 2.20 bits per heavy atom. The van der Waals surface area contributed by atoms with Gasteiger partial charge in [0.25, 0.3) is 0 Å². The molecule has 2 aromatic rings. The van der Waals surface area contributed by atoms with E-state index < -0.39 is 17.5 Å². The molecular weight excluding hydrogens is 333 g/mol. The van der Waals surface area contributed by atoms with Crippen molar-refractivity contribution in [2.45, 2.75) is 13.8 Å². The third kappa shape index (κ3) is 2.54. The second kappa shape index (κ2) is 5.87. The SMILES string of the molecule is CCOc1ccc(-c2ccc(Br)c(C)c2F)c(F)c1F. The minimum absolute atomic E-state index is 0.0187. The van der Waals surface area contributed by atoms with Crippen LogP contribution >= 0.6 is 15.9 Å². The van der Waals surface area contributed by atoms with Crippen molar-refractivity contribution in [2.75, 3.05) is 6.61 Å². The van der Waals surface area contributed by atoms with E-state index in [2.05, 4.69) is 15.9 Å². The number of hydrogen-bond donors (Lipinski definition) is 0. The fourth-order valence-corrected chi connectivity index (χ4v) is 2.18. The molecule has 0 N–H and O–H groups in total. The van der Waals surface area contributed by atoms with Crippen molar-refractivity contribution in [2.24, 2.45) is 0 Å². The Morgan fingerprint density at radius 2 is 1.55 bits per heavy atom. The van der Waals surface area contributed by atoms with Gasteiger partial charge in [-0.2, -0.15) is 4.39 Å². The van der Waals surface area contributed by atoms with Crippen LogP contribution in [0.5, 0.6) is 5.75 Å². The molecule has 20 heavy (non-hydrogen) atoms. The molecule has 0 amide bonds. The Kier molecular flexibility index (Phi) is 4.38. The van der Waals surface area contributed by atoms with E-state index in [1.807, 2.05) is 0 Å². The highest BCUT2D eigenvalue weighted by Crippen LogP contribution is 2.34. The Hall–Kier alpha value is -1.49. The molecule has 5 heteroatoms.